The van der Waals surface area contributed by atoms with E-state index in [4.69, 9.17) is 4.74 Å². The first kappa shape index (κ1) is 31.3. The quantitative estimate of drug-likeness (QED) is 0.265. The van der Waals surface area contributed by atoms with Crippen LogP contribution >= 0.6 is 0 Å². The van der Waals surface area contributed by atoms with Gasteiger partial charge in [0.05, 0.1) is 17.4 Å². The van der Waals surface area contributed by atoms with E-state index in [9.17, 15) is 19.5 Å². The molecule has 0 radical (unpaired) electrons. The molecule has 1 spiro atoms. The van der Waals surface area contributed by atoms with Crippen LogP contribution in [0, 0.1) is 17.8 Å². The molecule has 3 rings (SSSR count). The number of unbranched alkanes of at least 4 members (excludes halogenated alkanes) is 3. The maximum absolute atomic E-state index is 14.5. The summed E-state index contributed by atoms with van der Waals surface area (Å²) in [4.78, 5) is 48.3. The minimum absolute atomic E-state index is 0.00463. The number of likely N-dealkylation sites (tertiary alicyclic amines) is 1. The van der Waals surface area contributed by atoms with E-state index in [0.717, 1.165) is 25.7 Å². The highest BCUT2D eigenvalue weighted by atomic mass is 16.5. The molecule has 0 aliphatic carbocycles. The Labute approximate surface area is 235 Å². The molecule has 3 unspecified atom stereocenters. The summed E-state index contributed by atoms with van der Waals surface area (Å²) in [5.41, 5.74) is -2.37. The lowest BCUT2D eigenvalue weighted by Crippen LogP contribution is -2.60. The molecule has 2 bridgehead atoms. The van der Waals surface area contributed by atoms with Crippen LogP contribution in [-0.4, -0.2) is 93.1 Å². The summed E-state index contributed by atoms with van der Waals surface area (Å²) in [5.74, 6) is -1.72. The maximum atomic E-state index is 14.5. The number of ether oxygens (including phenoxy) is 1. The van der Waals surface area contributed by atoms with E-state index < -0.39 is 34.6 Å². The van der Waals surface area contributed by atoms with Crippen LogP contribution in [0.3, 0.4) is 0 Å². The molecule has 0 aromatic rings. The molecule has 220 valence electrons. The topological polar surface area (TPSA) is 90.4 Å². The smallest absolute Gasteiger partial charge is 0.249 e. The molecule has 3 amide bonds. The monoisotopic (exact) mass is 545 g/mol. The van der Waals surface area contributed by atoms with Crippen LogP contribution in [-0.2, 0) is 19.1 Å². The minimum atomic E-state index is -1.05. The number of fused-ring (bicyclic) bond motifs is 1. The molecule has 0 saturated carbocycles. The second-order valence-electron chi connectivity index (χ2n) is 12.9. The third-order valence-electron chi connectivity index (χ3n) is 9.16. The minimum Gasteiger partial charge on any atom is -0.396 e. The Morgan fingerprint density at radius 3 is 2.33 bits per heavy atom. The van der Waals surface area contributed by atoms with Gasteiger partial charge in [0, 0.05) is 38.3 Å². The third kappa shape index (κ3) is 5.43. The van der Waals surface area contributed by atoms with Gasteiger partial charge < -0.3 is 24.5 Å². The Morgan fingerprint density at radius 1 is 1.13 bits per heavy atom. The summed E-state index contributed by atoms with van der Waals surface area (Å²) < 4.78 is 6.90. The van der Waals surface area contributed by atoms with Crippen LogP contribution in [0.5, 0.6) is 0 Å². The van der Waals surface area contributed by atoms with Gasteiger partial charge in [-0.2, -0.15) is 0 Å². The number of hydrogen-bond donors (Lipinski definition) is 1. The summed E-state index contributed by atoms with van der Waals surface area (Å²) in [5, 5.41) is 9.17. The predicted octanol–water partition coefficient (Wildman–Crippen LogP) is 3.79. The van der Waals surface area contributed by atoms with E-state index in [1.807, 2.05) is 34.6 Å². The number of carbonyl (C=O) groups excluding carboxylic acids is 3. The molecule has 1 N–H and O–H groups in total. The third-order valence-corrected chi connectivity index (χ3v) is 9.16. The first-order chi connectivity index (χ1) is 18.3. The fraction of sp³-hybridized carbons (Fsp3) is 0.774. The molecule has 0 aromatic heterocycles. The number of rotatable bonds is 14. The summed E-state index contributed by atoms with van der Waals surface area (Å²) in [6.07, 6.45) is 7.94. The first-order valence-corrected chi connectivity index (χ1v) is 14.8. The molecule has 8 nitrogen and oxygen atoms in total. The summed E-state index contributed by atoms with van der Waals surface area (Å²) in [6, 6.07) is -0.798. The summed E-state index contributed by atoms with van der Waals surface area (Å²) >= 11 is 0. The van der Waals surface area contributed by atoms with E-state index in [0.29, 0.717) is 39.0 Å². The van der Waals surface area contributed by atoms with Crippen molar-refractivity contribution in [2.24, 2.45) is 17.8 Å². The van der Waals surface area contributed by atoms with Crippen molar-refractivity contribution in [1.29, 1.82) is 0 Å². The lowest BCUT2D eigenvalue weighted by molar-refractivity contribution is -0.157. The van der Waals surface area contributed by atoms with Crippen molar-refractivity contribution in [2.45, 2.75) is 103 Å². The van der Waals surface area contributed by atoms with Crippen LogP contribution in [0.1, 0.15) is 80.1 Å². The van der Waals surface area contributed by atoms with Gasteiger partial charge in [-0.3, -0.25) is 14.4 Å². The Hall–Kier alpha value is -2.19. The maximum Gasteiger partial charge on any atom is 0.249 e. The molecule has 8 heteroatoms. The number of aliphatic hydroxyl groups excluding tert-OH is 1. The van der Waals surface area contributed by atoms with Crippen LogP contribution in [0.4, 0.5) is 0 Å². The zero-order valence-corrected chi connectivity index (χ0v) is 25.1. The molecular formula is C31H51N3O5. The average Bonchev–Trinajstić information content (AvgIpc) is 3.37. The van der Waals surface area contributed by atoms with Gasteiger partial charge in [-0.15, -0.1) is 13.2 Å². The number of aliphatic hydroxyl groups is 1. The van der Waals surface area contributed by atoms with Crippen molar-refractivity contribution in [1.82, 2.24) is 14.7 Å². The highest BCUT2D eigenvalue weighted by molar-refractivity contribution is 5.99. The highest BCUT2D eigenvalue weighted by Crippen LogP contribution is 2.65. The van der Waals surface area contributed by atoms with E-state index in [-0.39, 0.29) is 30.2 Å². The molecule has 3 aliphatic rings. The van der Waals surface area contributed by atoms with Crippen molar-refractivity contribution < 1.29 is 24.2 Å². The Morgan fingerprint density at radius 2 is 1.77 bits per heavy atom. The van der Waals surface area contributed by atoms with Crippen molar-refractivity contribution >= 4 is 17.7 Å². The summed E-state index contributed by atoms with van der Waals surface area (Å²) in [7, 11) is 0. The van der Waals surface area contributed by atoms with Crippen molar-refractivity contribution in [2.75, 3.05) is 32.8 Å². The molecule has 6 atom stereocenters. The lowest BCUT2D eigenvalue weighted by Gasteiger charge is -2.42. The second-order valence-corrected chi connectivity index (χ2v) is 12.9. The average molecular weight is 546 g/mol. The normalized spacial score (nSPS) is 31.4. The largest absolute Gasteiger partial charge is 0.396 e. The van der Waals surface area contributed by atoms with Crippen molar-refractivity contribution in [3.05, 3.63) is 25.3 Å². The van der Waals surface area contributed by atoms with Crippen LogP contribution < -0.4 is 0 Å². The Balaban J connectivity index is 2.09. The number of amides is 3. The Bertz CT molecular complexity index is 945. The number of hydrogen-bond acceptors (Lipinski definition) is 5. The fourth-order valence-corrected chi connectivity index (χ4v) is 7.27. The molecule has 3 aliphatic heterocycles. The van der Waals surface area contributed by atoms with Gasteiger partial charge in [-0.25, -0.2) is 0 Å². The summed E-state index contributed by atoms with van der Waals surface area (Å²) in [6.45, 7) is 21.7. The standard InChI is InChI=1S/C31H51N3O5/c1-9-16-32(17-10-2)26(36)23-24-27(37)33(19-14-12-13-15-20-35)25(28(38)34(18-11-3)29(5,6)7)31(24)21-22(4)30(23,8)39-31/h9,11,22-25,35H,1,3,10,12-21H2,2,4-8H3/t22?,23-,24-,25?,30+,31?/m0/s1. The first-order valence-electron chi connectivity index (χ1n) is 14.8. The fourth-order valence-electron chi connectivity index (χ4n) is 7.27. The molecule has 3 saturated heterocycles. The number of nitrogens with zero attached hydrogens (tertiary/aromatic N) is 3. The van der Waals surface area contributed by atoms with Gasteiger partial charge in [0.25, 0.3) is 0 Å². The van der Waals surface area contributed by atoms with Gasteiger partial charge in [0.2, 0.25) is 17.7 Å². The lowest BCUT2D eigenvalue weighted by atomic mass is 9.62. The molecule has 3 heterocycles. The molecule has 3 fully saturated rings. The van der Waals surface area contributed by atoms with Crippen LogP contribution in [0.25, 0.3) is 0 Å². The van der Waals surface area contributed by atoms with Crippen molar-refractivity contribution in [3.8, 4) is 0 Å². The van der Waals surface area contributed by atoms with Gasteiger partial charge in [-0.05, 0) is 59.3 Å². The van der Waals surface area contributed by atoms with Gasteiger partial charge in [0.15, 0.2) is 0 Å². The predicted molar refractivity (Wildman–Crippen MR) is 153 cm³/mol. The second kappa shape index (κ2) is 12.1. The SMILES string of the molecule is C=CCN(CCC)C(=O)[C@@H]1[C@H]2C(=O)N(CCCCCCO)C(C(=O)N(CC=C)C(C)(C)C)C23CC(C)[C@@]1(C)O3. The van der Waals surface area contributed by atoms with Crippen molar-refractivity contribution in [3.63, 3.8) is 0 Å². The van der Waals surface area contributed by atoms with E-state index in [1.54, 1.807) is 26.9 Å². The van der Waals surface area contributed by atoms with Crippen LogP contribution in [0.2, 0.25) is 0 Å². The van der Waals surface area contributed by atoms with E-state index >= 15 is 0 Å². The van der Waals surface area contributed by atoms with Gasteiger partial charge >= 0.3 is 0 Å². The molecule has 39 heavy (non-hydrogen) atoms. The molecular weight excluding hydrogens is 494 g/mol. The number of carbonyl (C=O) groups is 3. The highest BCUT2D eigenvalue weighted by Gasteiger charge is 2.80. The van der Waals surface area contributed by atoms with E-state index in [1.165, 1.54) is 0 Å². The zero-order chi connectivity index (χ0) is 29.2. The van der Waals surface area contributed by atoms with Gasteiger partial charge in [-0.1, -0.05) is 38.8 Å². The molecule has 0 aromatic carbocycles. The van der Waals surface area contributed by atoms with E-state index in [2.05, 4.69) is 20.1 Å². The Kier molecular flexibility index (Phi) is 9.75. The van der Waals surface area contributed by atoms with Gasteiger partial charge in [0.1, 0.15) is 11.6 Å². The van der Waals surface area contributed by atoms with Crippen LogP contribution in [0.15, 0.2) is 25.3 Å². The zero-order valence-electron chi connectivity index (χ0n) is 25.1.